The van der Waals surface area contributed by atoms with Crippen molar-refractivity contribution < 1.29 is 14.3 Å². The molecule has 1 aliphatic heterocycles. The highest BCUT2D eigenvalue weighted by Gasteiger charge is 2.32. The smallest absolute Gasteiger partial charge is 0.320 e. The van der Waals surface area contributed by atoms with E-state index in [9.17, 15) is 9.59 Å². The van der Waals surface area contributed by atoms with Crippen LogP contribution >= 0.6 is 0 Å². The molecule has 1 atom stereocenters. The molecule has 0 spiro atoms. The maximum Gasteiger partial charge on any atom is 0.320 e. The van der Waals surface area contributed by atoms with Crippen molar-refractivity contribution in [3.63, 3.8) is 0 Å². The highest BCUT2D eigenvalue weighted by molar-refractivity contribution is 6.16. The number of anilines is 1. The number of carbonyl (C=O) groups is 2. The van der Waals surface area contributed by atoms with Crippen LogP contribution in [0.1, 0.15) is 52.1 Å². The molecule has 2 aliphatic rings. The quantitative estimate of drug-likeness (QED) is 0.771. The summed E-state index contributed by atoms with van der Waals surface area (Å²) < 4.78 is 6.39. The van der Waals surface area contributed by atoms with Crippen molar-refractivity contribution in [1.29, 1.82) is 0 Å². The van der Waals surface area contributed by atoms with Gasteiger partial charge < -0.3 is 10.1 Å². The van der Waals surface area contributed by atoms with Gasteiger partial charge in [0.2, 0.25) is 0 Å². The van der Waals surface area contributed by atoms with Crippen molar-refractivity contribution >= 4 is 29.4 Å². The van der Waals surface area contributed by atoms with Gasteiger partial charge in [0.15, 0.2) is 0 Å². The van der Waals surface area contributed by atoms with Crippen molar-refractivity contribution in [3.05, 3.63) is 11.8 Å². The third kappa shape index (κ3) is 4.46. The minimum absolute atomic E-state index is 0.178. The van der Waals surface area contributed by atoms with Crippen LogP contribution in [-0.2, 0) is 14.9 Å². The molecule has 1 aromatic heterocycles. The molecule has 9 nitrogen and oxygen atoms in total. The molecule has 1 saturated carbocycles. The molecule has 0 saturated heterocycles. The minimum Gasteiger partial charge on any atom is -0.383 e. The Morgan fingerprint density at radius 3 is 2.82 bits per heavy atom. The molecular formula is C19H28N6O3. The van der Waals surface area contributed by atoms with Crippen LogP contribution < -0.4 is 10.6 Å². The van der Waals surface area contributed by atoms with Crippen molar-refractivity contribution in [2.45, 2.75) is 51.9 Å². The second-order valence-corrected chi connectivity index (χ2v) is 8.10. The van der Waals surface area contributed by atoms with E-state index in [2.05, 4.69) is 25.7 Å². The van der Waals surface area contributed by atoms with Gasteiger partial charge in [-0.15, -0.1) is 0 Å². The van der Waals surface area contributed by atoms with Crippen LogP contribution in [0, 0.1) is 5.92 Å². The highest BCUT2D eigenvalue weighted by atomic mass is 16.5. The fourth-order valence-electron chi connectivity index (χ4n) is 3.24. The van der Waals surface area contributed by atoms with Gasteiger partial charge in [0.05, 0.1) is 18.2 Å². The van der Waals surface area contributed by atoms with Crippen molar-refractivity contribution in [2.75, 3.05) is 25.6 Å². The van der Waals surface area contributed by atoms with Gasteiger partial charge in [-0.25, -0.2) is 9.79 Å². The highest BCUT2D eigenvalue weighted by Crippen LogP contribution is 2.28. The molecule has 28 heavy (non-hydrogen) atoms. The summed E-state index contributed by atoms with van der Waals surface area (Å²) in [6, 6.07) is 1.40. The molecule has 1 aromatic rings. The number of carbonyl (C=O) groups excluding carboxylic acids is 2. The lowest BCUT2D eigenvalue weighted by atomic mass is 9.86. The molecule has 1 unspecified atom stereocenters. The van der Waals surface area contributed by atoms with Gasteiger partial charge in [-0.1, -0.05) is 27.2 Å². The van der Waals surface area contributed by atoms with Crippen LogP contribution in [0.2, 0.25) is 0 Å². The predicted molar refractivity (Wildman–Crippen MR) is 107 cm³/mol. The van der Waals surface area contributed by atoms with Crippen LogP contribution in [0.3, 0.4) is 0 Å². The van der Waals surface area contributed by atoms with E-state index < -0.39 is 0 Å². The van der Waals surface area contributed by atoms with Gasteiger partial charge in [-0.2, -0.15) is 14.8 Å². The maximum absolute atomic E-state index is 12.5. The van der Waals surface area contributed by atoms with Crippen LogP contribution in [0.15, 0.2) is 16.1 Å². The Labute approximate surface area is 164 Å². The van der Waals surface area contributed by atoms with E-state index in [1.807, 2.05) is 20.8 Å². The SMILES string of the molecule is COCCNC(=O)Nc1cc(C(C)(C)C)nn1C1=NC(=O)C2CCCCC2=N1. The first-order valence-corrected chi connectivity index (χ1v) is 9.64. The summed E-state index contributed by atoms with van der Waals surface area (Å²) >= 11 is 0. The van der Waals surface area contributed by atoms with E-state index in [0.29, 0.717) is 19.0 Å². The van der Waals surface area contributed by atoms with Crippen LogP contribution in [0.5, 0.6) is 0 Å². The average molecular weight is 388 g/mol. The standard InChI is InChI=1S/C19H28N6O3/c1-19(2,3)14-11-15(22-18(27)20-9-10-28-4)25(24-14)17-21-13-8-6-5-7-12(13)16(26)23-17/h11-12H,5-10H2,1-4H3,(H2,20,22,27). The summed E-state index contributed by atoms with van der Waals surface area (Å²) in [6.45, 7) is 6.87. The first kappa shape index (κ1) is 20.2. The number of hydrogen-bond acceptors (Lipinski definition) is 5. The molecule has 0 aromatic carbocycles. The first-order valence-electron chi connectivity index (χ1n) is 9.64. The fourth-order valence-corrected chi connectivity index (χ4v) is 3.24. The topological polar surface area (TPSA) is 110 Å². The Hall–Kier alpha value is -2.55. The Balaban J connectivity index is 1.91. The third-order valence-electron chi connectivity index (χ3n) is 4.83. The molecule has 0 bridgehead atoms. The fraction of sp³-hybridized carbons (Fsp3) is 0.632. The summed E-state index contributed by atoms with van der Waals surface area (Å²) in [4.78, 5) is 33.5. The van der Waals surface area contributed by atoms with Gasteiger partial charge in [-0.05, 0) is 19.3 Å². The number of nitrogens with one attached hydrogen (secondary N) is 2. The zero-order valence-electron chi connectivity index (χ0n) is 16.9. The summed E-state index contributed by atoms with van der Waals surface area (Å²) in [5.41, 5.74) is 1.39. The Kier molecular flexibility index (Phi) is 5.93. The number of rotatable bonds is 4. The van der Waals surface area contributed by atoms with E-state index in [-0.39, 0.29) is 29.2 Å². The number of aromatic nitrogens is 2. The zero-order chi connectivity index (χ0) is 20.3. The predicted octanol–water partition coefficient (Wildman–Crippen LogP) is 2.32. The lowest BCUT2D eigenvalue weighted by molar-refractivity contribution is -0.120. The van der Waals surface area contributed by atoms with E-state index in [1.165, 1.54) is 4.68 Å². The van der Waals surface area contributed by atoms with Crippen LogP contribution in [0.25, 0.3) is 0 Å². The lowest BCUT2D eigenvalue weighted by Gasteiger charge is -2.24. The lowest BCUT2D eigenvalue weighted by Crippen LogP contribution is -2.35. The minimum atomic E-state index is -0.385. The Morgan fingerprint density at radius 2 is 2.11 bits per heavy atom. The number of ether oxygens (including phenoxy) is 1. The van der Waals surface area contributed by atoms with E-state index in [1.54, 1.807) is 13.2 Å². The van der Waals surface area contributed by atoms with Crippen molar-refractivity contribution in [3.8, 4) is 0 Å². The first-order chi connectivity index (χ1) is 13.3. The van der Waals surface area contributed by atoms with Gasteiger partial charge in [0.25, 0.3) is 11.9 Å². The second-order valence-electron chi connectivity index (χ2n) is 8.10. The number of methoxy groups -OCH3 is 1. The molecule has 2 N–H and O–H groups in total. The molecule has 3 rings (SSSR count). The van der Waals surface area contributed by atoms with Gasteiger partial charge in [-0.3, -0.25) is 10.1 Å². The molecule has 1 aliphatic carbocycles. The second kappa shape index (κ2) is 8.22. The summed E-state index contributed by atoms with van der Waals surface area (Å²) in [7, 11) is 1.57. The number of amides is 3. The normalized spacial score (nSPS) is 19.6. The molecule has 0 radical (unpaired) electrons. The summed E-state index contributed by atoms with van der Waals surface area (Å²) in [5.74, 6) is 0.248. The molecule has 3 amide bonds. The molecule has 2 heterocycles. The number of urea groups is 1. The maximum atomic E-state index is 12.5. The van der Waals surface area contributed by atoms with E-state index in [4.69, 9.17) is 4.74 Å². The molecular weight excluding hydrogens is 360 g/mol. The third-order valence-corrected chi connectivity index (χ3v) is 4.83. The molecule has 9 heteroatoms. The number of nitrogens with zero attached hydrogens (tertiary/aromatic N) is 4. The average Bonchev–Trinajstić information content (AvgIpc) is 3.06. The van der Waals surface area contributed by atoms with Crippen LogP contribution in [0.4, 0.5) is 10.6 Å². The van der Waals surface area contributed by atoms with Gasteiger partial charge in [0.1, 0.15) is 5.82 Å². The van der Waals surface area contributed by atoms with Crippen LogP contribution in [-0.4, -0.2) is 53.7 Å². The molecule has 1 fully saturated rings. The Bertz CT molecular complexity index is 818. The van der Waals surface area contributed by atoms with Crippen molar-refractivity contribution in [2.24, 2.45) is 15.9 Å². The number of hydrogen-bond donors (Lipinski definition) is 2. The van der Waals surface area contributed by atoms with Gasteiger partial charge >= 0.3 is 6.03 Å². The van der Waals surface area contributed by atoms with E-state index >= 15 is 0 Å². The monoisotopic (exact) mass is 388 g/mol. The summed E-state index contributed by atoms with van der Waals surface area (Å²) in [6.07, 6.45) is 3.64. The Morgan fingerprint density at radius 1 is 1.32 bits per heavy atom. The summed E-state index contributed by atoms with van der Waals surface area (Å²) in [5, 5.41) is 10.1. The number of fused-ring (bicyclic) bond motifs is 1. The van der Waals surface area contributed by atoms with E-state index in [0.717, 1.165) is 37.1 Å². The van der Waals surface area contributed by atoms with Gasteiger partial charge in [0, 0.05) is 30.8 Å². The largest absolute Gasteiger partial charge is 0.383 e. The zero-order valence-corrected chi connectivity index (χ0v) is 16.9. The molecule has 152 valence electrons. The van der Waals surface area contributed by atoms with Crippen molar-refractivity contribution in [1.82, 2.24) is 15.1 Å². The number of aliphatic imine (C=N–C) groups is 2.